The Morgan fingerprint density at radius 2 is 0.705 bits per heavy atom. The zero-order chi connectivity index (χ0) is 63.5. The van der Waals surface area contributed by atoms with Crippen molar-refractivity contribution in [3.8, 4) is 0 Å². The molecule has 0 aromatic rings. The first-order valence-electron chi connectivity index (χ1n) is 36.8. The van der Waals surface area contributed by atoms with E-state index in [4.69, 9.17) is 9.47 Å². The molecular weight excluding hydrogens is 1090 g/mol. The second-order valence-electron chi connectivity index (χ2n) is 25.0. The van der Waals surface area contributed by atoms with E-state index in [0.29, 0.717) is 6.42 Å². The highest BCUT2D eigenvalue weighted by atomic mass is 16.7. The van der Waals surface area contributed by atoms with Gasteiger partial charge in [0.25, 0.3) is 0 Å². The molecule has 7 unspecified atom stereocenters. The molecular formula is C79H137NO8. The van der Waals surface area contributed by atoms with Crippen LogP contribution in [0.25, 0.3) is 0 Å². The first-order chi connectivity index (χ1) is 43.3. The van der Waals surface area contributed by atoms with Crippen molar-refractivity contribution >= 4 is 5.91 Å². The predicted octanol–water partition coefficient (Wildman–Crippen LogP) is 20.6. The highest BCUT2D eigenvalue weighted by Gasteiger charge is 2.44. The van der Waals surface area contributed by atoms with Crippen LogP contribution in [0, 0.1) is 0 Å². The summed E-state index contributed by atoms with van der Waals surface area (Å²) in [6.07, 6.45) is 93.0. The molecule has 0 aromatic carbocycles. The van der Waals surface area contributed by atoms with Crippen molar-refractivity contribution in [1.82, 2.24) is 5.32 Å². The third-order valence-corrected chi connectivity index (χ3v) is 16.8. The zero-order valence-corrected chi connectivity index (χ0v) is 56.7. The fourth-order valence-electron chi connectivity index (χ4n) is 11.1. The Labute approximate surface area is 541 Å². The number of hydrogen-bond donors (Lipinski definition) is 6. The lowest BCUT2D eigenvalue weighted by molar-refractivity contribution is -0.302. The normalized spacial score (nSPS) is 18.6. The molecule has 0 aliphatic carbocycles. The van der Waals surface area contributed by atoms with Gasteiger partial charge < -0.3 is 40.3 Å². The van der Waals surface area contributed by atoms with Gasteiger partial charge in [-0.25, -0.2) is 0 Å². The van der Waals surface area contributed by atoms with Crippen molar-refractivity contribution < 1.29 is 39.8 Å². The van der Waals surface area contributed by atoms with E-state index in [0.717, 1.165) is 109 Å². The van der Waals surface area contributed by atoms with Crippen molar-refractivity contribution in [3.05, 3.63) is 122 Å². The number of amides is 1. The molecule has 9 heteroatoms. The molecule has 1 aliphatic heterocycles. The number of ether oxygens (including phenoxy) is 2. The van der Waals surface area contributed by atoms with E-state index in [1.807, 2.05) is 6.08 Å². The van der Waals surface area contributed by atoms with Crippen LogP contribution in [-0.2, 0) is 14.3 Å². The first kappa shape index (κ1) is 82.6. The Morgan fingerprint density at radius 3 is 1.05 bits per heavy atom. The molecule has 7 atom stereocenters. The first-order valence-corrected chi connectivity index (χ1v) is 36.8. The van der Waals surface area contributed by atoms with Gasteiger partial charge in [-0.1, -0.05) is 341 Å². The van der Waals surface area contributed by atoms with Crippen molar-refractivity contribution in [3.63, 3.8) is 0 Å². The molecule has 506 valence electrons. The van der Waals surface area contributed by atoms with Crippen molar-refractivity contribution in [2.75, 3.05) is 13.2 Å². The van der Waals surface area contributed by atoms with Gasteiger partial charge in [0.15, 0.2) is 6.29 Å². The number of rotatable bonds is 63. The van der Waals surface area contributed by atoms with E-state index in [2.05, 4.69) is 129 Å². The summed E-state index contributed by atoms with van der Waals surface area (Å²) < 4.78 is 11.3. The van der Waals surface area contributed by atoms with Crippen LogP contribution in [0.2, 0.25) is 0 Å². The van der Waals surface area contributed by atoms with E-state index in [1.54, 1.807) is 6.08 Å². The van der Waals surface area contributed by atoms with E-state index in [9.17, 15) is 30.3 Å². The summed E-state index contributed by atoms with van der Waals surface area (Å²) in [7, 11) is 0. The molecule has 0 saturated carbocycles. The average molecular weight is 1230 g/mol. The van der Waals surface area contributed by atoms with Gasteiger partial charge in [0.2, 0.25) is 5.91 Å². The molecule has 0 aromatic heterocycles. The van der Waals surface area contributed by atoms with Crippen LogP contribution in [0.5, 0.6) is 0 Å². The van der Waals surface area contributed by atoms with Crippen LogP contribution in [0.3, 0.4) is 0 Å². The number of nitrogens with one attached hydrogen (secondary N) is 1. The molecule has 88 heavy (non-hydrogen) atoms. The molecule has 1 rings (SSSR count). The molecule has 1 heterocycles. The lowest BCUT2D eigenvalue weighted by Gasteiger charge is -2.40. The molecule has 9 nitrogen and oxygen atoms in total. The smallest absolute Gasteiger partial charge is 0.220 e. The van der Waals surface area contributed by atoms with Crippen LogP contribution in [-0.4, -0.2) is 87.5 Å². The molecule has 1 aliphatic rings. The van der Waals surface area contributed by atoms with E-state index in [1.165, 1.54) is 186 Å². The van der Waals surface area contributed by atoms with Gasteiger partial charge in [0.1, 0.15) is 24.4 Å². The number of allylic oxidation sites excluding steroid dienone is 19. The minimum atomic E-state index is -1.58. The lowest BCUT2D eigenvalue weighted by atomic mass is 9.99. The van der Waals surface area contributed by atoms with Gasteiger partial charge >= 0.3 is 0 Å². The Morgan fingerprint density at radius 1 is 0.398 bits per heavy atom. The third kappa shape index (κ3) is 54.3. The Kier molecular flexibility index (Phi) is 62.4. The van der Waals surface area contributed by atoms with Gasteiger partial charge in [0, 0.05) is 6.42 Å². The highest BCUT2D eigenvalue weighted by molar-refractivity contribution is 5.76. The quantitative estimate of drug-likeness (QED) is 0.0261. The SMILES string of the molecule is CC/C=C\C/C=C\C/C=C\C/C=C\C/C=C\C/C=C\C/C=C\C/C=C\C/C=C\CCCCCCCCCC(=O)NC(COC1OC(CO)C(O)C(O)C1O)C(O)/C=C/CCCCCCCCCCCCCCCCCCCCCCCCCCCCCC. The second kappa shape index (κ2) is 66.5. The number of hydrogen-bond acceptors (Lipinski definition) is 8. The number of carbonyl (C=O) groups excluding carboxylic acids is 1. The molecule has 6 N–H and O–H groups in total. The predicted molar refractivity (Wildman–Crippen MR) is 377 cm³/mol. The topological polar surface area (TPSA) is 149 Å². The van der Waals surface area contributed by atoms with Crippen LogP contribution >= 0.6 is 0 Å². The zero-order valence-electron chi connectivity index (χ0n) is 56.7. The van der Waals surface area contributed by atoms with E-state index in [-0.39, 0.29) is 12.5 Å². The van der Waals surface area contributed by atoms with Gasteiger partial charge in [-0.05, 0) is 89.9 Å². The second-order valence-corrected chi connectivity index (χ2v) is 25.0. The molecule has 0 bridgehead atoms. The van der Waals surface area contributed by atoms with Gasteiger partial charge in [-0.3, -0.25) is 4.79 Å². The van der Waals surface area contributed by atoms with Gasteiger partial charge in [-0.2, -0.15) is 0 Å². The summed E-state index contributed by atoms with van der Waals surface area (Å²) in [4.78, 5) is 13.1. The molecule has 1 fully saturated rings. The highest BCUT2D eigenvalue weighted by Crippen LogP contribution is 2.23. The maximum atomic E-state index is 13.1. The van der Waals surface area contributed by atoms with Crippen molar-refractivity contribution in [1.29, 1.82) is 0 Å². The molecule has 1 amide bonds. The summed E-state index contributed by atoms with van der Waals surface area (Å²) >= 11 is 0. The largest absolute Gasteiger partial charge is 0.394 e. The lowest BCUT2D eigenvalue weighted by Crippen LogP contribution is -2.60. The van der Waals surface area contributed by atoms with E-state index < -0.39 is 49.5 Å². The van der Waals surface area contributed by atoms with Crippen molar-refractivity contribution in [2.24, 2.45) is 0 Å². The van der Waals surface area contributed by atoms with Crippen LogP contribution in [0.4, 0.5) is 0 Å². The van der Waals surface area contributed by atoms with Crippen LogP contribution in [0.15, 0.2) is 122 Å². The monoisotopic (exact) mass is 1230 g/mol. The number of carbonyl (C=O) groups is 1. The van der Waals surface area contributed by atoms with Crippen LogP contribution < -0.4 is 5.32 Å². The molecule has 0 spiro atoms. The maximum absolute atomic E-state index is 13.1. The summed E-state index contributed by atoms with van der Waals surface area (Å²) in [6, 6.07) is -0.822. The van der Waals surface area contributed by atoms with E-state index >= 15 is 0 Å². The fourth-order valence-corrected chi connectivity index (χ4v) is 11.1. The molecule has 0 radical (unpaired) electrons. The third-order valence-electron chi connectivity index (χ3n) is 16.8. The Balaban J connectivity index is 2.16. The Hall–Kier alpha value is -3.41. The number of aliphatic hydroxyl groups is 5. The minimum absolute atomic E-state index is 0.189. The number of unbranched alkanes of at least 4 members (excludes halogenated alkanes) is 35. The van der Waals surface area contributed by atoms with Crippen molar-refractivity contribution in [2.45, 2.75) is 358 Å². The molecule has 1 saturated heterocycles. The summed E-state index contributed by atoms with van der Waals surface area (Å²) in [5, 5.41) is 54.8. The van der Waals surface area contributed by atoms with Gasteiger partial charge in [0.05, 0.1) is 25.4 Å². The standard InChI is InChI=1S/C79H137NO8/c1-3-5-7-9-11-13-15-17-19-21-23-25-27-29-31-33-35-36-37-38-39-41-43-45-47-49-51-53-55-57-59-61-63-65-67-69-75(83)80-72(71-87-79-78(86)77(85)76(84)74(70-81)88-79)73(82)68-66-64-62-60-58-56-54-52-50-48-46-44-42-40-34-32-30-28-26-24-22-20-18-16-14-12-10-8-6-4-2/h5,7,11,13,17,19,23,25,29,31,35-36,38-39,43,45,49,51,66,68,72-74,76-79,81-82,84-86H,3-4,6,8-10,12,14-16,18,20-22,24,26-28,30,32-34,37,40-42,44,46-48,50,52-65,67,69-71H2,1-2H3,(H,80,83)/b7-5-,13-11-,19-17-,25-23-,31-29-,36-35-,39-38-,45-43-,51-49-,68-66+. The maximum Gasteiger partial charge on any atom is 0.220 e. The summed E-state index contributed by atoms with van der Waals surface area (Å²) in [5.74, 6) is -0.189. The fraction of sp³-hybridized carbons (Fsp3) is 0.734. The van der Waals surface area contributed by atoms with Gasteiger partial charge in [-0.15, -0.1) is 0 Å². The minimum Gasteiger partial charge on any atom is -0.394 e. The summed E-state index contributed by atoms with van der Waals surface area (Å²) in [6.45, 7) is 3.69. The number of aliphatic hydroxyl groups excluding tert-OH is 5. The summed E-state index contributed by atoms with van der Waals surface area (Å²) in [5.41, 5.74) is 0. The van der Waals surface area contributed by atoms with Crippen LogP contribution in [0.1, 0.15) is 316 Å². The Bertz CT molecular complexity index is 1810. The average Bonchev–Trinajstić information content (AvgIpc) is 3.65.